The second-order valence-electron chi connectivity index (χ2n) is 4.35. The largest absolute Gasteiger partial charge is 0.393 e. The van der Waals surface area contributed by atoms with Gasteiger partial charge in [-0.25, -0.2) is 8.42 Å². The highest BCUT2D eigenvalue weighted by molar-refractivity contribution is 7.92. The summed E-state index contributed by atoms with van der Waals surface area (Å²) in [6.45, 7) is 6.15. The normalized spacial score (nSPS) is 15.5. The smallest absolute Gasteiger partial charge is 0.153 e. The van der Waals surface area contributed by atoms with E-state index in [1.165, 1.54) is 6.26 Å². The van der Waals surface area contributed by atoms with Crippen molar-refractivity contribution in [2.75, 3.05) is 19.3 Å². The number of sulfone groups is 1. The van der Waals surface area contributed by atoms with Crippen LogP contribution in [-0.2, 0) is 9.84 Å². The molecule has 0 aromatic heterocycles. The average molecular weight is 223 g/mol. The molecule has 2 N–H and O–H groups in total. The minimum absolute atomic E-state index is 0.344. The SMILES string of the molecule is CC(O)CCNCC(C)(C)S(C)(=O)=O. The lowest BCUT2D eigenvalue weighted by Gasteiger charge is -2.22. The number of aliphatic hydroxyl groups is 1. The van der Waals surface area contributed by atoms with Crippen LogP contribution in [0.3, 0.4) is 0 Å². The molecule has 0 fully saturated rings. The Labute approximate surface area is 86.6 Å². The fourth-order valence-electron chi connectivity index (χ4n) is 0.831. The van der Waals surface area contributed by atoms with Gasteiger partial charge in [-0.3, -0.25) is 0 Å². The predicted molar refractivity (Wildman–Crippen MR) is 58.1 cm³/mol. The molecule has 0 rings (SSSR count). The van der Waals surface area contributed by atoms with Crippen molar-refractivity contribution in [2.24, 2.45) is 0 Å². The van der Waals surface area contributed by atoms with Gasteiger partial charge in [0, 0.05) is 12.8 Å². The maximum atomic E-state index is 11.3. The Morgan fingerprint density at radius 2 is 1.93 bits per heavy atom. The molecule has 0 amide bonds. The van der Waals surface area contributed by atoms with Crippen molar-refractivity contribution in [3.8, 4) is 0 Å². The third-order valence-corrected chi connectivity index (χ3v) is 4.45. The van der Waals surface area contributed by atoms with Gasteiger partial charge in [0.15, 0.2) is 9.84 Å². The van der Waals surface area contributed by atoms with Crippen molar-refractivity contribution in [1.82, 2.24) is 5.32 Å². The minimum Gasteiger partial charge on any atom is -0.393 e. The Hall–Kier alpha value is -0.130. The summed E-state index contributed by atoms with van der Waals surface area (Å²) in [6, 6.07) is 0. The van der Waals surface area contributed by atoms with Crippen LogP contribution in [0.5, 0.6) is 0 Å². The van der Waals surface area contributed by atoms with E-state index in [9.17, 15) is 8.42 Å². The molecule has 0 aromatic carbocycles. The van der Waals surface area contributed by atoms with Gasteiger partial charge in [0.2, 0.25) is 0 Å². The van der Waals surface area contributed by atoms with Crippen molar-refractivity contribution in [2.45, 2.75) is 38.0 Å². The number of hydrogen-bond acceptors (Lipinski definition) is 4. The molecule has 0 heterocycles. The van der Waals surface area contributed by atoms with Crippen LogP contribution in [0.15, 0.2) is 0 Å². The zero-order valence-corrected chi connectivity index (χ0v) is 10.2. The highest BCUT2D eigenvalue weighted by atomic mass is 32.2. The highest BCUT2D eigenvalue weighted by Gasteiger charge is 2.29. The summed E-state index contributed by atoms with van der Waals surface area (Å²) < 4.78 is 21.8. The highest BCUT2D eigenvalue weighted by Crippen LogP contribution is 2.13. The maximum absolute atomic E-state index is 11.3. The van der Waals surface area contributed by atoms with E-state index in [2.05, 4.69) is 5.32 Å². The van der Waals surface area contributed by atoms with Gasteiger partial charge >= 0.3 is 0 Å². The molecule has 0 saturated heterocycles. The Bertz CT molecular complexity index is 257. The van der Waals surface area contributed by atoms with Gasteiger partial charge in [-0.1, -0.05) is 0 Å². The van der Waals surface area contributed by atoms with Crippen molar-refractivity contribution in [3.05, 3.63) is 0 Å². The molecule has 0 radical (unpaired) electrons. The quantitative estimate of drug-likeness (QED) is 0.630. The van der Waals surface area contributed by atoms with E-state index in [0.29, 0.717) is 19.5 Å². The number of rotatable bonds is 6. The topological polar surface area (TPSA) is 66.4 Å². The van der Waals surface area contributed by atoms with E-state index in [1.807, 2.05) is 0 Å². The fraction of sp³-hybridized carbons (Fsp3) is 1.00. The lowest BCUT2D eigenvalue weighted by molar-refractivity contribution is 0.183. The second kappa shape index (κ2) is 5.09. The van der Waals surface area contributed by atoms with Crippen LogP contribution in [0.2, 0.25) is 0 Å². The van der Waals surface area contributed by atoms with Crippen LogP contribution in [0.25, 0.3) is 0 Å². The van der Waals surface area contributed by atoms with Crippen LogP contribution in [0.1, 0.15) is 27.2 Å². The lowest BCUT2D eigenvalue weighted by Crippen LogP contribution is -2.42. The Kier molecular flexibility index (Phi) is 5.05. The van der Waals surface area contributed by atoms with Crippen molar-refractivity contribution >= 4 is 9.84 Å². The minimum atomic E-state index is -3.03. The first kappa shape index (κ1) is 13.9. The van der Waals surface area contributed by atoms with Crippen molar-refractivity contribution < 1.29 is 13.5 Å². The van der Waals surface area contributed by atoms with E-state index >= 15 is 0 Å². The molecule has 5 heteroatoms. The summed E-state index contributed by atoms with van der Waals surface area (Å²) in [5.74, 6) is 0. The first-order valence-corrected chi connectivity index (χ1v) is 6.64. The van der Waals surface area contributed by atoms with Crippen LogP contribution in [-0.4, -0.2) is 43.7 Å². The molecule has 14 heavy (non-hydrogen) atoms. The van der Waals surface area contributed by atoms with Crippen molar-refractivity contribution in [1.29, 1.82) is 0 Å². The third-order valence-electron chi connectivity index (χ3n) is 2.29. The molecule has 1 unspecified atom stereocenters. The molecule has 0 bridgehead atoms. The zero-order chi connectivity index (χ0) is 11.4. The van der Waals surface area contributed by atoms with E-state index in [1.54, 1.807) is 20.8 Å². The average Bonchev–Trinajstić information content (AvgIpc) is 1.95. The van der Waals surface area contributed by atoms with Gasteiger partial charge in [-0.2, -0.15) is 0 Å². The first-order valence-electron chi connectivity index (χ1n) is 4.75. The van der Waals surface area contributed by atoms with Gasteiger partial charge in [0.1, 0.15) is 0 Å². The molecule has 1 atom stereocenters. The summed E-state index contributed by atoms with van der Waals surface area (Å²) in [4.78, 5) is 0. The molecular formula is C9H21NO3S. The monoisotopic (exact) mass is 223 g/mol. The lowest BCUT2D eigenvalue weighted by atomic mass is 10.2. The van der Waals surface area contributed by atoms with E-state index in [4.69, 9.17) is 5.11 Å². The van der Waals surface area contributed by atoms with E-state index in [0.717, 1.165) is 0 Å². The standard InChI is InChI=1S/C9H21NO3S/c1-8(11)5-6-10-7-9(2,3)14(4,12)13/h8,10-11H,5-7H2,1-4H3. The third kappa shape index (κ3) is 4.93. The van der Waals surface area contributed by atoms with Crippen molar-refractivity contribution in [3.63, 3.8) is 0 Å². The van der Waals surface area contributed by atoms with Crippen LogP contribution in [0.4, 0.5) is 0 Å². The van der Waals surface area contributed by atoms with Crippen LogP contribution >= 0.6 is 0 Å². The van der Waals surface area contributed by atoms with Crippen LogP contribution in [0, 0.1) is 0 Å². The molecule has 86 valence electrons. The molecule has 0 saturated carbocycles. The predicted octanol–water partition coefficient (Wildman–Crippen LogP) is 0.170. The summed E-state index contributed by atoms with van der Waals surface area (Å²) in [5, 5.41) is 12.0. The van der Waals surface area contributed by atoms with Crippen LogP contribution < -0.4 is 5.32 Å². The molecule has 0 aliphatic rings. The van der Waals surface area contributed by atoms with E-state index in [-0.39, 0.29) is 6.10 Å². The summed E-state index contributed by atoms with van der Waals surface area (Å²) in [6.07, 6.45) is 1.53. The number of aliphatic hydroxyl groups excluding tert-OH is 1. The Morgan fingerprint density at radius 3 is 2.29 bits per heavy atom. The molecule has 4 nitrogen and oxygen atoms in total. The summed E-state index contributed by atoms with van der Waals surface area (Å²) in [5.41, 5.74) is 0. The van der Waals surface area contributed by atoms with Gasteiger partial charge in [-0.15, -0.1) is 0 Å². The molecule has 0 spiro atoms. The molecule has 0 aliphatic heterocycles. The van der Waals surface area contributed by atoms with Gasteiger partial charge in [0.05, 0.1) is 10.9 Å². The van der Waals surface area contributed by atoms with Gasteiger partial charge < -0.3 is 10.4 Å². The first-order chi connectivity index (χ1) is 6.17. The summed E-state index contributed by atoms with van der Waals surface area (Å²) >= 11 is 0. The Balaban J connectivity index is 3.90. The number of nitrogens with one attached hydrogen (secondary N) is 1. The van der Waals surface area contributed by atoms with Gasteiger partial charge in [-0.05, 0) is 33.7 Å². The van der Waals surface area contributed by atoms with E-state index < -0.39 is 14.6 Å². The number of hydrogen-bond donors (Lipinski definition) is 2. The maximum Gasteiger partial charge on any atom is 0.153 e. The zero-order valence-electron chi connectivity index (χ0n) is 9.37. The molecule has 0 aliphatic carbocycles. The molecule has 0 aromatic rings. The van der Waals surface area contributed by atoms with Gasteiger partial charge in [0.25, 0.3) is 0 Å². The second-order valence-corrected chi connectivity index (χ2v) is 7.00. The summed E-state index contributed by atoms with van der Waals surface area (Å²) in [7, 11) is -3.03. The Morgan fingerprint density at radius 1 is 1.43 bits per heavy atom. The fourth-order valence-corrected chi connectivity index (χ4v) is 1.20. The molecular weight excluding hydrogens is 202 g/mol.